The molecule has 1 aromatic heterocycles. The molecule has 0 aliphatic heterocycles. The van der Waals surface area contributed by atoms with E-state index in [1.807, 2.05) is 0 Å². The van der Waals surface area contributed by atoms with E-state index in [4.69, 9.17) is 28.9 Å². The molecule has 21 heavy (non-hydrogen) atoms. The van der Waals surface area contributed by atoms with Gasteiger partial charge in [0.05, 0.1) is 22.8 Å². The van der Waals surface area contributed by atoms with Crippen LogP contribution in [0.4, 0.5) is 0 Å². The van der Waals surface area contributed by atoms with E-state index in [2.05, 4.69) is 4.98 Å². The normalized spacial score (nSPS) is 12.0. The molecule has 2 N–H and O–H groups in total. The van der Waals surface area contributed by atoms with Gasteiger partial charge in [-0.15, -0.1) is 11.3 Å². The second-order valence-corrected chi connectivity index (χ2v) is 7.87. The van der Waals surface area contributed by atoms with Crippen LogP contribution < -0.4 is 5.73 Å². The van der Waals surface area contributed by atoms with Crippen molar-refractivity contribution < 1.29 is 8.42 Å². The summed E-state index contributed by atoms with van der Waals surface area (Å²) in [6, 6.07) is 2.81. The van der Waals surface area contributed by atoms with Gasteiger partial charge in [0.2, 0.25) is 10.0 Å². The van der Waals surface area contributed by atoms with Crippen LogP contribution in [0.15, 0.2) is 27.9 Å². The van der Waals surface area contributed by atoms with Crippen molar-refractivity contribution in [1.29, 1.82) is 0 Å². The lowest BCUT2D eigenvalue weighted by Gasteiger charge is -2.18. The van der Waals surface area contributed by atoms with Gasteiger partial charge in [-0.2, -0.15) is 4.31 Å². The summed E-state index contributed by atoms with van der Waals surface area (Å²) in [6.07, 6.45) is 0. The van der Waals surface area contributed by atoms with Crippen LogP contribution in [0.3, 0.4) is 0 Å². The molecule has 1 aromatic carbocycles. The second-order valence-electron chi connectivity index (χ2n) is 4.32. The van der Waals surface area contributed by atoms with Crippen LogP contribution >= 0.6 is 34.5 Å². The highest BCUT2D eigenvalue weighted by Crippen LogP contribution is 2.30. The van der Waals surface area contributed by atoms with Crippen molar-refractivity contribution in [1.82, 2.24) is 9.29 Å². The van der Waals surface area contributed by atoms with Crippen LogP contribution in [-0.2, 0) is 23.1 Å². The highest BCUT2D eigenvalue weighted by atomic mass is 35.5. The van der Waals surface area contributed by atoms with E-state index < -0.39 is 10.0 Å². The van der Waals surface area contributed by atoms with Gasteiger partial charge in [0, 0.05) is 24.0 Å². The van der Waals surface area contributed by atoms with Crippen molar-refractivity contribution >= 4 is 44.6 Å². The molecule has 9 heteroatoms. The second kappa shape index (κ2) is 6.60. The van der Waals surface area contributed by atoms with Gasteiger partial charge in [-0.05, 0) is 17.7 Å². The van der Waals surface area contributed by atoms with E-state index in [9.17, 15) is 8.42 Å². The minimum Gasteiger partial charge on any atom is -0.326 e. The van der Waals surface area contributed by atoms with Crippen LogP contribution in [0.2, 0.25) is 10.0 Å². The summed E-state index contributed by atoms with van der Waals surface area (Å²) in [6.45, 7) is 0.303. The zero-order valence-corrected chi connectivity index (χ0v) is 14.2. The molecule has 0 bridgehead atoms. The fourth-order valence-electron chi connectivity index (χ4n) is 1.72. The quantitative estimate of drug-likeness (QED) is 0.883. The topological polar surface area (TPSA) is 76.3 Å². The van der Waals surface area contributed by atoms with E-state index in [-0.39, 0.29) is 23.0 Å². The SMILES string of the molecule is CN(Cc1cscn1)S(=O)(=O)c1cc(CN)c(Cl)cc1Cl. The van der Waals surface area contributed by atoms with Crippen molar-refractivity contribution in [2.24, 2.45) is 5.73 Å². The predicted molar refractivity (Wildman–Crippen MR) is 85.1 cm³/mol. The molecule has 0 aliphatic carbocycles. The molecular weight excluding hydrogens is 353 g/mol. The molecule has 0 amide bonds. The standard InChI is InChI=1S/C12H13Cl2N3O2S2/c1-17(5-9-6-20-7-16-9)21(18,19)12-2-8(4-15)10(13)3-11(12)14/h2-3,6-7H,4-5,15H2,1H3. The summed E-state index contributed by atoms with van der Waals surface area (Å²) in [4.78, 5) is 4.06. The molecule has 5 nitrogen and oxygen atoms in total. The summed E-state index contributed by atoms with van der Waals surface area (Å²) >= 11 is 13.4. The van der Waals surface area contributed by atoms with Crippen molar-refractivity contribution in [2.75, 3.05) is 7.05 Å². The lowest BCUT2D eigenvalue weighted by Crippen LogP contribution is -2.27. The maximum Gasteiger partial charge on any atom is 0.244 e. The summed E-state index contributed by atoms with van der Waals surface area (Å²) in [5, 5.41) is 2.21. The molecule has 0 radical (unpaired) electrons. The first-order valence-electron chi connectivity index (χ1n) is 5.87. The molecular formula is C12H13Cl2N3O2S2. The Morgan fingerprint density at radius 2 is 2.05 bits per heavy atom. The minimum absolute atomic E-state index is 0.00764. The first kappa shape index (κ1) is 16.7. The average Bonchev–Trinajstić information content (AvgIpc) is 2.91. The van der Waals surface area contributed by atoms with Crippen LogP contribution in [0, 0.1) is 0 Å². The van der Waals surface area contributed by atoms with Gasteiger partial charge in [-0.3, -0.25) is 0 Å². The molecule has 0 atom stereocenters. The first-order valence-corrected chi connectivity index (χ1v) is 9.01. The third kappa shape index (κ3) is 3.56. The molecule has 0 saturated carbocycles. The highest BCUT2D eigenvalue weighted by Gasteiger charge is 2.25. The number of thiazole rings is 1. The van der Waals surface area contributed by atoms with Gasteiger partial charge in [0.1, 0.15) is 4.90 Å². The maximum atomic E-state index is 12.6. The van der Waals surface area contributed by atoms with Crippen molar-refractivity contribution in [2.45, 2.75) is 18.0 Å². The highest BCUT2D eigenvalue weighted by molar-refractivity contribution is 7.89. The summed E-state index contributed by atoms with van der Waals surface area (Å²) in [5.74, 6) is 0. The molecule has 114 valence electrons. The van der Waals surface area contributed by atoms with E-state index in [0.29, 0.717) is 16.3 Å². The minimum atomic E-state index is -3.74. The number of hydrogen-bond acceptors (Lipinski definition) is 5. The van der Waals surface area contributed by atoms with Crippen molar-refractivity contribution in [3.8, 4) is 0 Å². The smallest absolute Gasteiger partial charge is 0.244 e. The van der Waals surface area contributed by atoms with Gasteiger partial charge in [0.25, 0.3) is 0 Å². The molecule has 0 spiro atoms. The fraction of sp³-hybridized carbons (Fsp3) is 0.250. The molecule has 1 heterocycles. The average molecular weight is 366 g/mol. The van der Waals surface area contributed by atoms with E-state index in [0.717, 1.165) is 0 Å². The van der Waals surface area contributed by atoms with E-state index in [1.54, 1.807) is 10.9 Å². The van der Waals surface area contributed by atoms with Crippen LogP contribution in [0.5, 0.6) is 0 Å². The van der Waals surface area contributed by atoms with Gasteiger partial charge in [0.15, 0.2) is 0 Å². The predicted octanol–water partition coefficient (Wildman–Crippen LogP) is 2.73. The van der Waals surface area contributed by atoms with Crippen LogP contribution in [0.1, 0.15) is 11.3 Å². The monoisotopic (exact) mass is 365 g/mol. The lowest BCUT2D eigenvalue weighted by atomic mass is 10.2. The fourth-order valence-corrected chi connectivity index (χ4v) is 4.26. The molecule has 0 fully saturated rings. The van der Waals surface area contributed by atoms with Gasteiger partial charge in [-0.25, -0.2) is 13.4 Å². The number of aromatic nitrogens is 1. The third-order valence-electron chi connectivity index (χ3n) is 2.88. The van der Waals surface area contributed by atoms with Gasteiger partial charge >= 0.3 is 0 Å². The number of benzene rings is 1. The van der Waals surface area contributed by atoms with E-state index in [1.165, 1.54) is 34.8 Å². The van der Waals surface area contributed by atoms with Crippen LogP contribution in [-0.4, -0.2) is 24.8 Å². The number of halogens is 2. The Morgan fingerprint density at radius 1 is 1.33 bits per heavy atom. The number of rotatable bonds is 5. The summed E-state index contributed by atoms with van der Waals surface area (Å²) < 4.78 is 26.4. The Hall–Kier alpha value is -0.700. The number of sulfonamides is 1. The Bertz CT molecular complexity index is 733. The summed E-state index contributed by atoms with van der Waals surface area (Å²) in [7, 11) is -2.27. The Balaban J connectivity index is 2.39. The van der Waals surface area contributed by atoms with Crippen molar-refractivity contribution in [3.05, 3.63) is 44.3 Å². The number of nitrogens with two attached hydrogens (primary N) is 1. The van der Waals surface area contributed by atoms with Gasteiger partial charge in [-0.1, -0.05) is 23.2 Å². The Kier molecular flexibility index (Phi) is 5.24. The molecule has 2 aromatic rings. The molecule has 0 saturated heterocycles. The maximum absolute atomic E-state index is 12.6. The molecule has 0 unspecified atom stereocenters. The summed E-state index contributed by atoms with van der Waals surface area (Å²) in [5.41, 5.74) is 8.41. The first-order chi connectivity index (χ1) is 9.86. The van der Waals surface area contributed by atoms with Crippen LogP contribution in [0.25, 0.3) is 0 Å². The zero-order valence-electron chi connectivity index (χ0n) is 11.1. The molecule has 2 rings (SSSR count). The number of hydrogen-bond donors (Lipinski definition) is 1. The van der Waals surface area contributed by atoms with Gasteiger partial charge < -0.3 is 5.73 Å². The molecule has 0 aliphatic rings. The Morgan fingerprint density at radius 3 is 2.62 bits per heavy atom. The third-order valence-corrected chi connectivity index (χ3v) is 6.13. The Labute approximate surface area is 137 Å². The van der Waals surface area contributed by atoms with Crippen molar-refractivity contribution in [3.63, 3.8) is 0 Å². The van der Waals surface area contributed by atoms with E-state index >= 15 is 0 Å². The number of nitrogens with zero attached hydrogens (tertiary/aromatic N) is 2. The zero-order chi connectivity index (χ0) is 15.6. The largest absolute Gasteiger partial charge is 0.326 e. The lowest BCUT2D eigenvalue weighted by molar-refractivity contribution is 0.463.